The van der Waals surface area contributed by atoms with Gasteiger partial charge in [0.1, 0.15) is 0 Å². The Balaban J connectivity index is 1.46. The zero-order valence-electron chi connectivity index (χ0n) is 21.3. The SMILES string of the molecule is CC/C=C1\C=C2CCC3C4CCC([C@H](C)CCC[C@@H](C)CO)C4(C)CCC3[C@@]2(C)CC1. The van der Waals surface area contributed by atoms with Gasteiger partial charge in [-0.15, -0.1) is 0 Å². The van der Waals surface area contributed by atoms with Gasteiger partial charge < -0.3 is 5.11 Å². The topological polar surface area (TPSA) is 20.2 Å². The molecule has 1 nitrogen and oxygen atoms in total. The molecule has 0 spiro atoms. The van der Waals surface area contributed by atoms with Gasteiger partial charge in [-0.1, -0.05) is 70.8 Å². The lowest BCUT2D eigenvalue weighted by Gasteiger charge is -2.59. The Hall–Kier alpha value is -0.560. The molecule has 5 unspecified atom stereocenters. The number of fused-ring (bicyclic) bond motifs is 5. The number of aliphatic hydroxyl groups excluding tert-OH is 1. The van der Waals surface area contributed by atoms with Gasteiger partial charge >= 0.3 is 0 Å². The van der Waals surface area contributed by atoms with Crippen LogP contribution in [0.1, 0.15) is 112 Å². The summed E-state index contributed by atoms with van der Waals surface area (Å²) in [6.45, 7) is 12.7. The molecule has 3 fully saturated rings. The summed E-state index contributed by atoms with van der Waals surface area (Å²) < 4.78 is 0. The molecule has 0 aromatic heterocycles. The van der Waals surface area contributed by atoms with Crippen molar-refractivity contribution in [2.45, 2.75) is 112 Å². The Labute approximate surface area is 193 Å². The van der Waals surface area contributed by atoms with E-state index in [2.05, 4.69) is 46.8 Å². The van der Waals surface area contributed by atoms with Crippen molar-refractivity contribution in [3.63, 3.8) is 0 Å². The zero-order valence-corrected chi connectivity index (χ0v) is 21.3. The standard InChI is InChI=1S/C30H50O/c1-6-8-23-15-17-29(4)24(19-23)11-12-25-27-14-13-26(30(27,5)18-16-28(25)29)22(3)10-7-9-21(2)20-31/h8,19,21-22,25-28,31H,6-7,9-18,20H2,1-5H3/b23-8-/t21-,22-,25?,26?,27?,28?,29+,30?/m1/s1. The van der Waals surface area contributed by atoms with E-state index in [9.17, 15) is 5.11 Å². The van der Waals surface area contributed by atoms with Gasteiger partial charge in [0, 0.05) is 6.61 Å². The summed E-state index contributed by atoms with van der Waals surface area (Å²) >= 11 is 0. The van der Waals surface area contributed by atoms with Crippen LogP contribution in [0.5, 0.6) is 0 Å². The molecule has 0 radical (unpaired) electrons. The lowest BCUT2D eigenvalue weighted by molar-refractivity contribution is -0.0581. The second-order valence-electron chi connectivity index (χ2n) is 12.6. The molecular weight excluding hydrogens is 376 g/mol. The molecule has 4 aliphatic rings. The maximum absolute atomic E-state index is 9.35. The number of hydrogen-bond donors (Lipinski definition) is 1. The van der Waals surface area contributed by atoms with Crippen molar-refractivity contribution >= 4 is 0 Å². The van der Waals surface area contributed by atoms with Crippen LogP contribution in [0.3, 0.4) is 0 Å². The van der Waals surface area contributed by atoms with Crippen LogP contribution in [0.15, 0.2) is 23.3 Å². The molecule has 176 valence electrons. The van der Waals surface area contributed by atoms with Gasteiger partial charge in [-0.3, -0.25) is 0 Å². The number of rotatable bonds is 7. The summed E-state index contributed by atoms with van der Waals surface area (Å²) in [6.07, 6.45) is 21.6. The van der Waals surface area contributed by atoms with Gasteiger partial charge in [-0.05, 0) is 111 Å². The van der Waals surface area contributed by atoms with Crippen LogP contribution in [0.25, 0.3) is 0 Å². The fraction of sp³-hybridized carbons (Fsp3) is 0.867. The molecule has 0 amide bonds. The monoisotopic (exact) mass is 426 g/mol. The second-order valence-corrected chi connectivity index (χ2v) is 12.6. The van der Waals surface area contributed by atoms with Crippen molar-refractivity contribution in [2.75, 3.05) is 6.61 Å². The van der Waals surface area contributed by atoms with Crippen molar-refractivity contribution in [2.24, 2.45) is 46.3 Å². The van der Waals surface area contributed by atoms with Crippen molar-refractivity contribution in [3.8, 4) is 0 Å². The van der Waals surface area contributed by atoms with E-state index in [1.165, 1.54) is 77.0 Å². The molecule has 0 aromatic carbocycles. The number of hydrogen-bond acceptors (Lipinski definition) is 1. The molecule has 0 aromatic rings. The molecule has 0 bridgehead atoms. The molecule has 4 rings (SSSR count). The first-order valence-electron chi connectivity index (χ1n) is 13.8. The van der Waals surface area contributed by atoms with Gasteiger partial charge in [-0.2, -0.15) is 0 Å². The Kier molecular flexibility index (Phi) is 7.12. The van der Waals surface area contributed by atoms with E-state index >= 15 is 0 Å². The summed E-state index contributed by atoms with van der Waals surface area (Å²) in [7, 11) is 0. The van der Waals surface area contributed by atoms with Crippen LogP contribution < -0.4 is 0 Å². The quantitative estimate of drug-likeness (QED) is 0.434. The van der Waals surface area contributed by atoms with Crippen LogP contribution >= 0.6 is 0 Å². The Morgan fingerprint density at radius 3 is 2.58 bits per heavy atom. The summed E-state index contributed by atoms with van der Waals surface area (Å²) in [5.74, 6) is 5.14. The summed E-state index contributed by atoms with van der Waals surface area (Å²) in [6, 6.07) is 0. The molecule has 3 saturated carbocycles. The normalized spacial score (nSPS) is 43.0. The number of allylic oxidation sites excluding steroid dienone is 4. The summed E-state index contributed by atoms with van der Waals surface area (Å²) in [5, 5.41) is 9.35. The zero-order chi connectivity index (χ0) is 22.2. The van der Waals surface area contributed by atoms with E-state index in [1.807, 2.05) is 5.57 Å². The highest BCUT2D eigenvalue weighted by Gasteiger charge is 2.59. The van der Waals surface area contributed by atoms with E-state index in [0.29, 0.717) is 23.4 Å². The predicted molar refractivity (Wildman–Crippen MR) is 133 cm³/mol. The van der Waals surface area contributed by atoms with Crippen molar-refractivity contribution in [1.82, 2.24) is 0 Å². The maximum atomic E-state index is 9.35. The van der Waals surface area contributed by atoms with Crippen LogP contribution in [0, 0.1) is 46.3 Å². The number of aliphatic hydroxyl groups is 1. The van der Waals surface area contributed by atoms with Gasteiger partial charge in [0.15, 0.2) is 0 Å². The molecule has 0 heterocycles. The minimum Gasteiger partial charge on any atom is -0.396 e. The van der Waals surface area contributed by atoms with E-state index in [4.69, 9.17) is 0 Å². The van der Waals surface area contributed by atoms with Crippen molar-refractivity contribution < 1.29 is 5.11 Å². The molecule has 0 aliphatic heterocycles. The predicted octanol–water partition coefficient (Wildman–Crippen LogP) is 8.34. The minimum atomic E-state index is 0.353. The van der Waals surface area contributed by atoms with Crippen LogP contribution in [0.4, 0.5) is 0 Å². The van der Waals surface area contributed by atoms with Crippen LogP contribution in [-0.2, 0) is 0 Å². The fourth-order valence-corrected chi connectivity index (χ4v) is 9.09. The summed E-state index contributed by atoms with van der Waals surface area (Å²) in [5.41, 5.74) is 4.51. The van der Waals surface area contributed by atoms with Gasteiger partial charge in [0.25, 0.3) is 0 Å². The van der Waals surface area contributed by atoms with Crippen LogP contribution in [-0.4, -0.2) is 11.7 Å². The first-order chi connectivity index (χ1) is 14.8. The van der Waals surface area contributed by atoms with Gasteiger partial charge in [0.2, 0.25) is 0 Å². The minimum absolute atomic E-state index is 0.353. The average molecular weight is 427 g/mol. The third kappa shape index (κ3) is 4.22. The van der Waals surface area contributed by atoms with E-state index in [-0.39, 0.29) is 0 Å². The average Bonchev–Trinajstić information content (AvgIpc) is 3.11. The van der Waals surface area contributed by atoms with Gasteiger partial charge in [-0.25, -0.2) is 0 Å². The van der Waals surface area contributed by atoms with Gasteiger partial charge in [0.05, 0.1) is 0 Å². The fourth-order valence-electron chi connectivity index (χ4n) is 9.09. The summed E-state index contributed by atoms with van der Waals surface area (Å²) in [4.78, 5) is 0. The Morgan fingerprint density at radius 2 is 1.84 bits per heavy atom. The van der Waals surface area contributed by atoms with E-state index in [0.717, 1.165) is 29.6 Å². The molecular formula is C30H50O. The molecule has 31 heavy (non-hydrogen) atoms. The first-order valence-corrected chi connectivity index (χ1v) is 13.8. The molecule has 4 aliphatic carbocycles. The lowest BCUT2D eigenvalue weighted by atomic mass is 9.46. The molecule has 1 heteroatoms. The Morgan fingerprint density at radius 1 is 1.03 bits per heavy atom. The van der Waals surface area contributed by atoms with E-state index < -0.39 is 0 Å². The highest BCUT2D eigenvalue weighted by molar-refractivity contribution is 5.34. The lowest BCUT2D eigenvalue weighted by Crippen LogP contribution is -2.50. The largest absolute Gasteiger partial charge is 0.396 e. The third-order valence-electron chi connectivity index (χ3n) is 10.9. The molecule has 0 saturated heterocycles. The molecule has 8 atom stereocenters. The van der Waals surface area contributed by atoms with Crippen molar-refractivity contribution in [1.29, 1.82) is 0 Å². The van der Waals surface area contributed by atoms with E-state index in [1.54, 1.807) is 5.57 Å². The Bertz CT molecular complexity index is 689. The highest BCUT2D eigenvalue weighted by atomic mass is 16.3. The maximum Gasteiger partial charge on any atom is 0.0456 e. The van der Waals surface area contributed by atoms with Crippen molar-refractivity contribution in [3.05, 3.63) is 23.3 Å². The molecule has 1 N–H and O–H groups in total. The smallest absolute Gasteiger partial charge is 0.0456 e. The highest BCUT2D eigenvalue weighted by Crippen LogP contribution is 2.68. The second kappa shape index (κ2) is 9.36. The van der Waals surface area contributed by atoms with Crippen LogP contribution in [0.2, 0.25) is 0 Å². The third-order valence-corrected chi connectivity index (χ3v) is 10.9. The first kappa shape index (κ1) is 23.6.